The molecule has 0 spiro atoms. The van der Waals surface area contributed by atoms with E-state index in [1.807, 2.05) is 4.90 Å². The van der Waals surface area contributed by atoms with Crippen molar-refractivity contribution >= 4 is 30.1 Å². The number of hydrogen-bond acceptors (Lipinski definition) is 4. The first kappa shape index (κ1) is 20.3. The van der Waals surface area contributed by atoms with Crippen LogP contribution in [0.15, 0.2) is 29.2 Å². The fraction of sp³-hybridized carbons (Fsp3) is 0.588. The fourth-order valence-corrected chi connectivity index (χ4v) is 3.07. The molecule has 1 fully saturated rings. The standard InChI is InChI=1S/C17H26N2O2S.ClH/c1-13(2)19(12-14-5-4-6-16(9-14)22-3)17(20)10-15-11-18-7-8-21-15;/h4-6,9,13,15,18H,7-8,10-12H2,1-3H3;1H. The summed E-state index contributed by atoms with van der Waals surface area (Å²) in [7, 11) is 0. The van der Waals surface area contributed by atoms with E-state index >= 15 is 0 Å². The third-order valence-electron chi connectivity index (χ3n) is 3.84. The number of rotatable bonds is 6. The maximum absolute atomic E-state index is 12.6. The smallest absolute Gasteiger partial charge is 0.225 e. The molecule has 0 aliphatic carbocycles. The molecule has 1 amide bonds. The molecule has 1 aromatic carbocycles. The molecule has 0 radical (unpaired) electrons. The molecule has 6 heteroatoms. The Morgan fingerprint density at radius 2 is 2.26 bits per heavy atom. The molecule has 0 aromatic heterocycles. The van der Waals surface area contributed by atoms with E-state index in [2.05, 4.69) is 49.7 Å². The van der Waals surface area contributed by atoms with Crippen molar-refractivity contribution in [3.05, 3.63) is 29.8 Å². The van der Waals surface area contributed by atoms with Gasteiger partial charge < -0.3 is 15.0 Å². The van der Waals surface area contributed by atoms with E-state index in [0.717, 1.165) is 13.1 Å². The van der Waals surface area contributed by atoms with Gasteiger partial charge in [0.25, 0.3) is 0 Å². The van der Waals surface area contributed by atoms with Gasteiger partial charge >= 0.3 is 0 Å². The van der Waals surface area contributed by atoms with Gasteiger partial charge in [-0.3, -0.25) is 4.79 Å². The van der Waals surface area contributed by atoms with Crippen LogP contribution in [0, 0.1) is 0 Å². The fourth-order valence-electron chi connectivity index (χ4n) is 2.59. The largest absolute Gasteiger partial charge is 0.375 e. The number of benzene rings is 1. The molecule has 1 saturated heterocycles. The lowest BCUT2D eigenvalue weighted by Crippen LogP contribution is -2.44. The predicted molar refractivity (Wildman–Crippen MR) is 98.4 cm³/mol. The highest BCUT2D eigenvalue weighted by atomic mass is 35.5. The molecule has 1 aromatic rings. The highest BCUT2D eigenvalue weighted by molar-refractivity contribution is 7.98. The third kappa shape index (κ3) is 6.34. The van der Waals surface area contributed by atoms with Gasteiger partial charge in [-0.2, -0.15) is 0 Å². The van der Waals surface area contributed by atoms with Crippen LogP contribution in [-0.4, -0.2) is 48.9 Å². The molecule has 23 heavy (non-hydrogen) atoms. The van der Waals surface area contributed by atoms with E-state index in [1.165, 1.54) is 10.5 Å². The highest BCUT2D eigenvalue weighted by Crippen LogP contribution is 2.18. The molecule has 0 saturated carbocycles. The quantitative estimate of drug-likeness (QED) is 0.794. The Balaban J connectivity index is 0.00000264. The van der Waals surface area contributed by atoms with Gasteiger partial charge in [-0.25, -0.2) is 0 Å². The van der Waals surface area contributed by atoms with Crippen LogP contribution >= 0.6 is 24.2 Å². The minimum Gasteiger partial charge on any atom is -0.375 e. The average molecular weight is 359 g/mol. The Bertz CT molecular complexity index is 493. The zero-order valence-corrected chi connectivity index (χ0v) is 15.7. The van der Waals surface area contributed by atoms with Gasteiger partial charge in [0.15, 0.2) is 0 Å². The zero-order chi connectivity index (χ0) is 15.9. The number of morpholine rings is 1. The number of carbonyl (C=O) groups excluding carboxylic acids is 1. The van der Waals surface area contributed by atoms with Crippen molar-refractivity contribution in [2.75, 3.05) is 26.0 Å². The maximum atomic E-state index is 12.6. The molecule has 1 atom stereocenters. The van der Waals surface area contributed by atoms with Gasteiger partial charge in [0.2, 0.25) is 5.91 Å². The summed E-state index contributed by atoms with van der Waals surface area (Å²) < 4.78 is 5.65. The zero-order valence-electron chi connectivity index (χ0n) is 14.1. The second-order valence-electron chi connectivity index (χ2n) is 5.87. The van der Waals surface area contributed by atoms with Crippen LogP contribution in [0.25, 0.3) is 0 Å². The monoisotopic (exact) mass is 358 g/mol. The Hall–Kier alpha value is -0.750. The molecule has 4 nitrogen and oxygen atoms in total. The van der Waals surface area contributed by atoms with Crippen LogP contribution in [0.2, 0.25) is 0 Å². The minimum absolute atomic E-state index is 0. The number of nitrogens with one attached hydrogen (secondary N) is 1. The second-order valence-corrected chi connectivity index (χ2v) is 6.75. The number of nitrogens with zero attached hydrogens (tertiary/aromatic N) is 1. The van der Waals surface area contributed by atoms with E-state index in [4.69, 9.17) is 4.74 Å². The highest BCUT2D eigenvalue weighted by Gasteiger charge is 2.23. The van der Waals surface area contributed by atoms with E-state index in [-0.39, 0.29) is 30.5 Å². The first-order valence-electron chi connectivity index (χ1n) is 7.85. The Morgan fingerprint density at radius 1 is 1.48 bits per heavy atom. The van der Waals surface area contributed by atoms with Crippen molar-refractivity contribution in [2.45, 2.75) is 43.9 Å². The molecule has 130 valence electrons. The minimum atomic E-state index is 0. The number of halogens is 1. The third-order valence-corrected chi connectivity index (χ3v) is 4.56. The van der Waals surface area contributed by atoms with Crippen LogP contribution in [0.4, 0.5) is 0 Å². The number of amides is 1. The number of ether oxygens (including phenoxy) is 1. The average Bonchev–Trinajstić information content (AvgIpc) is 2.53. The first-order valence-corrected chi connectivity index (χ1v) is 9.07. The molecule has 1 N–H and O–H groups in total. The Morgan fingerprint density at radius 3 is 2.87 bits per heavy atom. The van der Waals surface area contributed by atoms with E-state index in [1.54, 1.807) is 11.8 Å². The molecular weight excluding hydrogens is 332 g/mol. The summed E-state index contributed by atoms with van der Waals surface area (Å²) in [6, 6.07) is 8.57. The normalized spacial score (nSPS) is 17.7. The van der Waals surface area contributed by atoms with Crippen LogP contribution in [0.5, 0.6) is 0 Å². The SMILES string of the molecule is CSc1cccc(CN(C(=O)CC2CNCCO2)C(C)C)c1.Cl. The van der Waals surface area contributed by atoms with Crippen molar-refractivity contribution in [2.24, 2.45) is 0 Å². The van der Waals surface area contributed by atoms with Crippen LogP contribution in [0.1, 0.15) is 25.8 Å². The van der Waals surface area contributed by atoms with Gasteiger partial charge in [-0.1, -0.05) is 12.1 Å². The molecule has 1 aliphatic rings. The van der Waals surface area contributed by atoms with Crippen LogP contribution in [0.3, 0.4) is 0 Å². The van der Waals surface area contributed by atoms with E-state index in [9.17, 15) is 4.79 Å². The summed E-state index contributed by atoms with van der Waals surface area (Å²) in [5, 5.41) is 3.27. The summed E-state index contributed by atoms with van der Waals surface area (Å²) in [6.45, 7) is 7.12. The molecule has 0 bridgehead atoms. The maximum Gasteiger partial charge on any atom is 0.225 e. The molecule has 1 unspecified atom stereocenters. The van der Waals surface area contributed by atoms with Crippen molar-refractivity contribution in [3.63, 3.8) is 0 Å². The van der Waals surface area contributed by atoms with Crippen molar-refractivity contribution in [1.82, 2.24) is 10.2 Å². The van der Waals surface area contributed by atoms with Crippen molar-refractivity contribution in [3.8, 4) is 0 Å². The van der Waals surface area contributed by atoms with E-state index in [0.29, 0.717) is 19.6 Å². The van der Waals surface area contributed by atoms with Crippen molar-refractivity contribution < 1.29 is 9.53 Å². The topological polar surface area (TPSA) is 41.6 Å². The Kier molecular flexibility index (Phi) is 8.99. The molecular formula is C17H27ClN2O2S. The van der Waals surface area contributed by atoms with Gasteiger partial charge in [0.1, 0.15) is 0 Å². The van der Waals surface area contributed by atoms with Gasteiger partial charge in [0, 0.05) is 30.6 Å². The lowest BCUT2D eigenvalue weighted by Gasteiger charge is -2.30. The lowest BCUT2D eigenvalue weighted by molar-refractivity contribution is -0.137. The summed E-state index contributed by atoms with van der Waals surface area (Å²) in [5.41, 5.74) is 1.18. The second kappa shape index (κ2) is 10.2. The molecule has 1 aliphatic heterocycles. The molecule has 1 heterocycles. The summed E-state index contributed by atoms with van der Waals surface area (Å²) in [4.78, 5) is 15.8. The predicted octanol–water partition coefficient (Wildman–Crippen LogP) is 2.95. The summed E-state index contributed by atoms with van der Waals surface area (Å²) >= 11 is 1.72. The summed E-state index contributed by atoms with van der Waals surface area (Å²) in [5.74, 6) is 0.165. The first-order chi connectivity index (χ1) is 10.6. The lowest BCUT2D eigenvalue weighted by atomic mass is 10.1. The van der Waals surface area contributed by atoms with Gasteiger partial charge in [0.05, 0.1) is 19.1 Å². The van der Waals surface area contributed by atoms with Gasteiger partial charge in [-0.15, -0.1) is 24.2 Å². The van der Waals surface area contributed by atoms with E-state index < -0.39 is 0 Å². The summed E-state index contributed by atoms with van der Waals surface area (Å²) in [6.07, 6.45) is 2.52. The van der Waals surface area contributed by atoms with Gasteiger partial charge in [-0.05, 0) is 37.8 Å². The number of carbonyl (C=O) groups is 1. The van der Waals surface area contributed by atoms with Crippen molar-refractivity contribution in [1.29, 1.82) is 0 Å². The number of thioether (sulfide) groups is 1. The molecule has 2 rings (SSSR count). The van der Waals surface area contributed by atoms with Crippen LogP contribution < -0.4 is 5.32 Å². The van der Waals surface area contributed by atoms with Crippen LogP contribution in [-0.2, 0) is 16.1 Å². The number of hydrogen-bond donors (Lipinski definition) is 1. The Labute approximate surface area is 149 Å².